The number of nitrogens with zero attached hydrogens (tertiary/aromatic N) is 1. The van der Waals surface area contributed by atoms with E-state index < -0.39 is 11.1 Å². The van der Waals surface area contributed by atoms with Gasteiger partial charge in [-0.1, -0.05) is 26.8 Å². The fraction of sp³-hybridized carbons (Fsp3) is 0.583. The van der Waals surface area contributed by atoms with Gasteiger partial charge in [-0.25, -0.2) is 4.39 Å². The van der Waals surface area contributed by atoms with Crippen LogP contribution >= 0.6 is 0 Å². The molecule has 1 heterocycles. The molecule has 0 radical (unpaired) electrons. The standard InChI is InChI=1S/C12H19FN2/c1-9-5-6-10(7-15-9)12(13,8-14)11(2,3)4/h5-7H,8,14H2,1-4H3. The van der Waals surface area contributed by atoms with Gasteiger partial charge in [-0.15, -0.1) is 0 Å². The first-order valence-corrected chi connectivity index (χ1v) is 5.13. The maximum atomic E-state index is 14.7. The van der Waals surface area contributed by atoms with Gasteiger partial charge in [-0.05, 0) is 13.0 Å². The molecule has 1 atom stereocenters. The average Bonchev–Trinajstić information content (AvgIpc) is 2.16. The van der Waals surface area contributed by atoms with E-state index in [4.69, 9.17) is 5.73 Å². The highest BCUT2D eigenvalue weighted by Gasteiger charge is 2.43. The van der Waals surface area contributed by atoms with Gasteiger partial charge in [0.2, 0.25) is 0 Å². The Kier molecular flexibility index (Phi) is 3.14. The number of pyridine rings is 1. The summed E-state index contributed by atoms with van der Waals surface area (Å²) in [6.45, 7) is 7.39. The van der Waals surface area contributed by atoms with Crippen LogP contribution in [0.25, 0.3) is 0 Å². The van der Waals surface area contributed by atoms with Gasteiger partial charge in [0.1, 0.15) is 0 Å². The lowest BCUT2D eigenvalue weighted by Gasteiger charge is -2.37. The molecule has 1 aromatic rings. The van der Waals surface area contributed by atoms with Crippen LogP contribution in [0.3, 0.4) is 0 Å². The Morgan fingerprint density at radius 2 is 1.93 bits per heavy atom. The molecule has 0 saturated heterocycles. The minimum atomic E-state index is -1.52. The molecular formula is C12H19FN2. The summed E-state index contributed by atoms with van der Waals surface area (Å²) < 4.78 is 14.7. The molecule has 0 aliphatic heterocycles. The molecule has 2 N–H and O–H groups in total. The van der Waals surface area contributed by atoms with Crippen molar-refractivity contribution in [2.45, 2.75) is 33.4 Å². The van der Waals surface area contributed by atoms with Gasteiger partial charge in [-0.2, -0.15) is 0 Å². The van der Waals surface area contributed by atoms with Crippen LogP contribution in [-0.4, -0.2) is 11.5 Å². The molecule has 15 heavy (non-hydrogen) atoms. The van der Waals surface area contributed by atoms with Crippen molar-refractivity contribution in [2.24, 2.45) is 11.1 Å². The van der Waals surface area contributed by atoms with E-state index in [0.29, 0.717) is 5.56 Å². The van der Waals surface area contributed by atoms with Crippen molar-refractivity contribution in [3.63, 3.8) is 0 Å². The number of hydrogen-bond acceptors (Lipinski definition) is 2. The fourth-order valence-electron chi connectivity index (χ4n) is 1.56. The zero-order valence-corrected chi connectivity index (χ0v) is 9.84. The van der Waals surface area contributed by atoms with Crippen LogP contribution in [-0.2, 0) is 5.67 Å². The highest BCUT2D eigenvalue weighted by atomic mass is 19.1. The van der Waals surface area contributed by atoms with Crippen LogP contribution in [0.2, 0.25) is 0 Å². The molecule has 0 aromatic carbocycles. The second-order valence-electron chi connectivity index (χ2n) is 4.94. The molecule has 3 heteroatoms. The van der Waals surface area contributed by atoms with E-state index in [0.717, 1.165) is 5.69 Å². The molecule has 1 aromatic heterocycles. The summed E-state index contributed by atoms with van der Waals surface area (Å²) in [5.74, 6) is 0. The number of halogens is 1. The Morgan fingerprint density at radius 1 is 1.33 bits per heavy atom. The van der Waals surface area contributed by atoms with Crippen LogP contribution in [0.4, 0.5) is 4.39 Å². The van der Waals surface area contributed by atoms with E-state index in [9.17, 15) is 4.39 Å². The lowest BCUT2D eigenvalue weighted by molar-refractivity contribution is 0.0339. The maximum absolute atomic E-state index is 14.7. The predicted molar refractivity (Wildman–Crippen MR) is 60.3 cm³/mol. The predicted octanol–water partition coefficient (Wildman–Crippen LogP) is 2.56. The number of rotatable bonds is 2. The van der Waals surface area contributed by atoms with Gasteiger partial charge in [0.05, 0.1) is 0 Å². The van der Waals surface area contributed by atoms with Crippen molar-refractivity contribution in [3.8, 4) is 0 Å². The summed E-state index contributed by atoms with van der Waals surface area (Å²) in [4.78, 5) is 4.11. The molecule has 0 bridgehead atoms. The largest absolute Gasteiger partial charge is 0.327 e. The van der Waals surface area contributed by atoms with Crippen LogP contribution in [0.1, 0.15) is 32.0 Å². The molecule has 84 valence electrons. The van der Waals surface area contributed by atoms with Crippen molar-refractivity contribution in [1.82, 2.24) is 4.98 Å². The topological polar surface area (TPSA) is 38.9 Å². The van der Waals surface area contributed by atoms with Crippen LogP contribution < -0.4 is 5.73 Å². The lowest BCUT2D eigenvalue weighted by atomic mass is 9.74. The number of nitrogens with two attached hydrogens (primary N) is 1. The second kappa shape index (κ2) is 3.89. The average molecular weight is 210 g/mol. The van der Waals surface area contributed by atoms with E-state index in [1.807, 2.05) is 33.8 Å². The van der Waals surface area contributed by atoms with Gasteiger partial charge in [0, 0.05) is 29.4 Å². The number of hydrogen-bond donors (Lipinski definition) is 1. The second-order valence-corrected chi connectivity index (χ2v) is 4.94. The Hall–Kier alpha value is -0.960. The highest BCUT2D eigenvalue weighted by Crippen LogP contribution is 2.41. The van der Waals surface area contributed by atoms with E-state index >= 15 is 0 Å². The molecule has 0 fully saturated rings. The van der Waals surface area contributed by atoms with Gasteiger partial charge in [0.15, 0.2) is 5.67 Å². The van der Waals surface area contributed by atoms with Crippen molar-refractivity contribution >= 4 is 0 Å². The Labute approximate surface area is 90.7 Å². The summed E-state index contributed by atoms with van der Waals surface area (Å²) in [6.07, 6.45) is 1.58. The third-order valence-electron chi connectivity index (χ3n) is 2.84. The maximum Gasteiger partial charge on any atom is 0.154 e. The van der Waals surface area contributed by atoms with Gasteiger partial charge in [0.25, 0.3) is 0 Å². The fourth-order valence-corrected chi connectivity index (χ4v) is 1.56. The molecule has 0 aliphatic carbocycles. The first kappa shape index (κ1) is 12.1. The molecule has 1 unspecified atom stereocenters. The SMILES string of the molecule is Cc1ccc(C(F)(CN)C(C)(C)C)cn1. The van der Waals surface area contributed by atoms with Gasteiger partial charge in [-0.3, -0.25) is 4.98 Å². The molecule has 0 spiro atoms. The normalized spacial score (nSPS) is 16.1. The van der Waals surface area contributed by atoms with Crippen molar-refractivity contribution < 1.29 is 4.39 Å². The number of aromatic nitrogens is 1. The summed E-state index contributed by atoms with van der Waals surface area (Å²) >= 11 is 0. The molecular weight excluding hydrogens is 191 g/mol. The molecule has 0 aliphatic rings. The van der Waals surface area contributed by atoms with E-state index in [-0.39, 0.29) is 6.54 Å². The van der Waals surface area contributed by atoms with Crippen molar-refractivity contribution in [3.05, 3.63) is 29.6 Å². The Bertz CT molecular complexity index is 326. The van der Waals surface area contributed by atoms with E-state index in [2.05, 4.69) is 4.98 Å². The lowest BCUT2D eigenvalue weighted by Crippen LogP contribution is -2.42. The first-order valence-electron chi connectivity index (χ1n) is 5.13. The molecule has 0 saturated carbocycles. The molecule has 1 rings (SSSR count). The minimum Gasteiger partial charge on any atom is -0.327 e. The third kappa shape index (κ3) is 2.17. The van der Waals surface area contributed by atoms with Crippen LogP contribution in [0.15, 0.2) is 18.3 Å². The Balaban J connectivity index is 3.18. The zero-order chi connectivity index (χ0) is 11.7. The zero-order valence-electron chi connectivity index (χ0n) is 9.84. The highest BCUT2D eigenvalue weighted by molar-refractivity contribution is 5.23. The Morgan fingerprint density at radius 3 is 2.27 bits per heavy atom. The van der Waals surface area contributed by atoms with Gasteiger partial charge >= 0.3 is 0 Å². The van der Waals surface area contributed by atoms with Crippen LogP contribution in [0.5, 0.6) is 0 Å². The van der Waals surface area contributed by atoms with Gasteiger partial charge < -0.3 is 5.73 Å². The number of alkyl halides is 1. The van der Waals surface area contributed by atoms with Crippen molar-refractivity contribution in [2.75, 3.05) is 6.54 Å². The van der Waals surface area contributed by atoms with Crippen LogP contribution in [0, 0.1) is 12.3 Å². The third-order valence-corrected chi connectivity index (χ3v) is 2.84. The summed E-state index contributed by atoms with van der Waals surface area (Å²) in [7, 11) is 0. The van der Waals surface area contributed by atoms with Crippen molar-refractivity contribution in [1.29, 1.82) is 0 Å². The van der Waals surface area contributed by atoms with E-state index in [1.54, 1.807) is 12.3 Å². The summed E-state index contributed by atoms with van der Waals surface area (Å²) in [5.41, 5.74) is 4.95. The quantitative estimate of drug-likeness (QED) is 0.814. The minimum absolute atomic E-state index is 0.0265. The smallest absolute Gasteiger partial charge is 0.154 e. The first-order chi connectivity index (χ1) is 6.81. The summed E-state index contributed by atoms with van der Waals surface area (Å²) in [5, 5.41) is 0. The monoisotopic (exact) mass is 210 g/mol. The number of aryl methyl sites for hydroxylation is 1. The molecule has 0 amide bonds. The summed E-state index contributed by atoms with van der Waals surface area (Å²) in [6, 6.07) is 3.57. The molecule has 2 nitrogen and oxygen atoms in total. The van der Waals surface area contributed by atoms with E-state index in [1.165, 1.54) is 0 Å².